The van der Waals surface area contributed by atoms with Gasteiger partial charge in [-0.3, -0.25) is 4.37 Å². The summed E-state index contributed by atoms with van der Waals surface area (Å²) in [6.07, 6.45) is 4.74. The van der Waals surface area contributed by atoms with Crippen LogP contribution in [0.4, 0.5) is 0 Å². The first-order chi connectivity index (χ1) is 5.40. The number of nitrogens with zero attached hydrogens (tertiary/aromatic N) is 1. The molecule has 1 aromatic carbocycles. The Morgan fingerprint density at radius 1 is 1.46 bits per heavy atom. The fourth-order valence-electron chi connectivity index (χ4n) is 0.963. The third-order valence-corrected chi connectivity index (χ3v) is 2.28. The van der Waals surface area contributed by atoms with Gasteiger partial charge in [-0.1, -0.05) is 41.2 Å². The molecule has 64 valence electrons. The van der Waals surface area contributed by atoms with Crippen LogP contribution < -0.4 is 0 Å². The molecule has 13 heavy (non-hydrogen) atoms. The summed E-state index contributed by atoms with van der Waals surface area (Å²) in [5, 5.41) is 1.08. The first-order valence-corrected chi connectivity index (χ1v) is 4.07. The Morgan fingerprint density at radius 3 is 2.92 bits per heavy atom. The summed E-state index contributed by atoms with van der Waals surface area (Å²) >= 11 is 1.47. The Hall–Kier alpha value is 0.344. The quantitative estimate of drug-likeness (QED) is 0.559. The maximum atomic E-state index is 3.96. The summed E-state index contributed by atoms with van der Waals surface area (Å²) in [7, 11) is 0. The summed E-state index contributed by atoms with van der Waals surface area (Å²) in [5.41, 5.74) is 1.12. The van der Waals surface area contributed by atoms with E-state index in [0.717, 1.165) is 10.9 Å². The first kappa shape index (κ1) is 13.3. The standard InChI is InChI=1S/C9H6NS.Am.Y/c1-2-7-3-4-9-8(5-7)6-10-11-9;;/h2-5H,1H2;;/q-1;;. The molecule has 2 radical (unpaired) electrons. The zero-order chi connectivity index (χ0) is 7.68. The van der Waals surface area contributed by atoms with Gasteiger partial charge in [-0.25, -0.2) is 0 Å². The predicted octanol–water partition coefficient (Wildman–Crippen LogP) is 2.74. The monoisotopic (exact) mass is 490 g/mol. The molecule has 4 heteroatoms. The van der Waals surface area contributed by atoms with Crippen LogP contribution in [-0.4, -0.2) is 4.37 Å². The van der Waals surface area contributed by atoms with Crippen LogP contribution in [0, 0.1) is 20.5 Å². The molecule has 1 heterocycles. The molecule has 0 spiro atoms. The summed E-state index contributed by atoms with van der Waals surface area (Å²) in [4.78, 5) is 0. The fourth-order valence-corrected chi connectivity index (χ4v) is 1.54. The Morgan fingerprint density at radius 2 is 2.23 bits per heavy atom. The average molecular weight is 492 g/mol. The van der Waals surface area contributed by atoms with Crippen molar-refractivity contribution < 1.29 is 47.0 Å². The molecule has 2 rings (SSSR count). The molecule has 0 aliphatic carbocycles. The molecule has 1 nitrogen and oxygen atoms in total. The van der Waals surface area contributed by atoms with Crippen molar-refractivity contribution in [2.45, 2.75) is 0 Å². The second-order valence-electron chi connectivity index (χ2n) is 2.25. The van der Waals surface area contributed by atoms with Crippen LogP contribution >= 0.6 is 11.5 Å². The van der Waals surface area contributed by atoms with Gasteiger partial charge in [0.1, 0.15) is 0 Å². The predicted molar refractivity (Wildman–Crippen MR) is 48.5 cm³/mol. The molecule has 0 aliphatic heterocycles. The van der Waals surface area contributed by atoms with E-state index in [1.807, 2.05) is 24.3 Å². The molecule has 2 aromatic rings. The second kappa shape index (κ2) is 5.95. The van der Waals surface area contributed by atoms with Crippen molar-refractivity contribution in [3.8, 4) is 0 Å². The molecule has 0 fully saturated rings. The maximum Gasteiger partial charge on any atom is 0 e. The van der Waals surface area contributed by atoms with Gasteiger partial charge in [0.05, 0.1) is 0 Å². The second-order valence-corrected chi connectivity index (χ2v) is 3.06. The summed E-state index contributed by atoms with van der Waals surface area (Å²) < 4.78 is 5.14. The van der Waals surface area contributed by atoms with Crippen molar-refractivity contribution >= 4 is 27.7 Å². The van der Waals surface area contributed by atoms with E-state index in [9.17, 15) is 0 Å². The Bertz CT molecular complexity index is 399. The molecule has 0 saturated heterocycles. The topological polar surface area (TPSA) is 12.9 Å². The molecule has 0 N–H and O–H groups in total. The zero-order valence-electron chi connectivity index (χ0n) is 6.83. The minimum atomic E-state index is 0. The van der Waals surface area contributed by atoms with Crippen LogP contribution in [0.2, 0.25) is 0 Å². The molecule has 0 saturated carbocycles. The van der Waals surface area contributed by atoms with Gasteiger partial charge >= 0.3 is 0 Å². The Kier molecular flexibility index (Phi) is 6.10. The van der Waals surface area contributed by atoms with Gasteiger partial charge in [-0.2, -0.15) is 11.5 Å². The van der Waals surface area contributed by atoms with Crippen molar-refractivity contribution in [3.63, 3.8) is 0 Å². The molecule has 1 aromatic heterocycles. The van der Waals surface area contributed by atoms with Gasteiger partial charge in [0.25, 0.3) is 0 Å². The van der Waals surface area contributed by atoms with Crippen molar-refractivity contribution in [1.82, 2.24) is 4.37 Å². The Labute approximate surface area is 114 Å². The van der Waals surface area contributed by atoms with Crippen LogP contribution in [-0.2, 0) is 32.7 Å². The van der Waals surface area contributed by atoms with Crippen molar-refractivity contribution in [2.24, 2.45) is 0 Å². The van der Waals surface area contributed by atoms with Gasteiger partial charge < -0.3 is 0 Å². The van der Waals surface area contributed by atoms with Crippen molar-refractivity contribution in [3.05, 3.63) is 36.5 Å². The number of hydrogen-bond acceptors (Lipinski definition) is 2. The number of fused-ring (bicyclic) bond motifs is 1. The van der Waals surface area contributed by atoms with Gasteiger partial charge in [-0.05, 0) is 0 Å². The largest absolute Gasteiger partial charge is 0.281 e. The van der Waals surface area contributed by atoms with Crippen LogP contribution in [0.1, 0.15) is 5.56 Å². The minimum Gasteiger partial charge on any atom is -0.281 e. The van der Waals surface area contributed by atoms with Crippen molar-refractivity contribution in [1.29, 1.82) is 0 Å². The van der Waals surface area contributed by atoms with E-state index < -0.39 is 0 Å². The van der Waals surface area contributed by atoms with E-state index in [2.05, 4.69) is 17.1 Å². The SMILES string of the molecule is C=Cc1ccc2sn[c-]c2c1.[Am].[Y]. The van der Waals surface area contributed by atoms with E-state index in [1.54, 1.807) is 0 Å². The first-order valence-electron chi connectivity index (χ1n) is 3.30. The van der Waals surface area contributed by atoms with E-state index >= 15 is 0 Å². The smallest absolute Gasteiger partial charge is 0 e. The van der Waals surface area contributed by atoms with Crippen LogP contribution in [0.25, 0.3) is 16.2 Å². The van der Waals surface area contributed by atoms with Crippen LogP contribution in [0.3, 0.4) is 0 Å². The molecule has 0 aliphatic rings. The number of aromatic nitrogens is 1. The molecular formula is C9H6AmNSY-. The molecule has 0 amide bonds. The summed E-state index contributed by atoms with van der Waals surface area (Å²) in [5.74, 6) is 0. The van der Waals surface area contributed by atoms with E-state index in [1.165, 1.54) is 16.2 Å². The minimum absolute atomic E-state index is 0. The normalized spacial score (nSPS) is 8.62. The molecule has 0 unspecified atom stereocenters. The third kappa shape index (κ3) is 2.90. The number of benzene rings is 1. The molecule has 0 bridgehead atoms. The number of rotatable bonds is 1. The molecular weight excluding hydrogens is 486 g/mol. The van der Waals surface area contributed by atoms with E-state index in [0.29, 0.717) is 0 Å². The van der Waals surface area contributed by atoms with Gasteiger partial charge in [-0.15, -0.1) is 11.5 Å². The van der Waals surface area contributed by atoms with E-state index in [4.69, 9.17) is 0 Å². The molecule has 0 atom stereocenters. The van der Waals surface area contributed by atoms with Crippen LogP contribution in [0.15, 0.2) is 24.8 Å². The Balaban J connectivity index is 0.000000720. The number of hydrogen-bond donors (Lipinski definition) is 0. The zero-order valence-corrected chi connectivity index (χ0v) is 13.6. The maximum absolute atomic E-state index is 3.96. The van der Waals surface area contributed by atoms with Crippen molar-refractivity contribution in [2.75, 3.05) is 0 Å². The van der Waals surface area contributed by atoms with E-state index in [-0.39, 0.29) is 47.0 Å². The van der Waals surface area contributed by atoms with Gasteiger partial charge in [0.15, 0.2) is 0 Å². The summed E-state index contributed by atoms with van der Waals surface area (Å²) in [6.45, 7) is 3.69. The van der Waals surface area contributed by atoms with Gasteiger partial charge in [0, 0.05) is 47.0 Å². The van der Waals surface area contributed by atoms with Crippen LogP contribution in [0.5, 0.6) is 0 Å². The third-order valence-electron chi connectivity index (χ3n) is 1.55. The fraction of sp³-hybridized carbons (Fsp3) is 0. The summed E-state index contributed by atoms with van der Waals surface area (Å²) in [6, 6.07) is 6.10. The van der Waals surface area contributed by atoms with Gasteiger partial charge in [0.2, 0.25) is 0 Å². The average Bonchev–Trinajstić information content (AvgIpc) is 2.50.